The van der Waals surface area contributed by atoms with Gasteiger partial charge in [0.1, 0.15) is 0 Å². The average Bonchev–Trinajstić information content (AvgIpc) is 2.54. The van der Waals surface area contributed by atoms with Crippen molar-refractivity contribution in [2.45, 2.75) is 19.6 Å². The lowest BCUT2D eigenvalue weighted by Crippen LogP contribution is -2.35. The van der Waals surface area contributed by atoms with Gasteiger partial charge in [0, 0.05) is 11.6 Å². The van der Waals surface area contributed by atoms with Crippen molar-refractivity contribution in [1.29, 1.82) is 0 Å². The number of anilines is 1. The number of benzene rings is 2. The van der Waals surface area contributed by atoms with Crippen LogP contribution in [0.2, 0.25) is 5.02 Å². The van der Waals surface area contributed by atoms with E-state index >= 15 is 0 Å². The van der Waals surface area contributed by atoms with Gasteiger partial charge in [0.2, 0.25) is 0 Å². The average molecular weight is 371 g/mol. The summed E-state index contributed by atoms with van der Waals surface area (Å²) in [7, 11) is 0. The fourth-order valence-electron chi connectivity index (χ4n) is 2.10. The monoisotopic (exact) mass is 370 g/mol. The maximum Gasteiger partial charge on any atom is 0.418 e. The summed E-state index contributed by atoms with van der Waals surface area (Å²) in [5.74, 6) is -2.23. The number of aryl methyl sites for hydroxylation is 1. The second-order valence-corrected chi connectivity index (χ2v) is 5.69. The molecule has 2 amide bonds. The summed E-state index contributed by atoms with van der Waals surface area (Å²) >= 11 is 5.56. The van der Waals surface area contributed by atoms with E-state index in [1.54, 1.807) is 12.1 Å². The lowest BCUT2D eigenvalue weighted by Gasteiger charge is -2.14. The molecule has 25 heavy (non-hydrogen) atoms. The normalized spacial score (nSPS) is 11.1. The Hall–Kier alpha value is -2.54. The minimum atomic E-state index is -4.72. The number of amides is 2. The minimum absolute atomic E-state index is 0.0890. The molecule has 0 aliphatic heterocycles. The zero-order valence-corrected chi connectivity index (χ0v) is 13.8. The second kappa shape index (κ2) is 7.57. The van der Waals surface area contributed by atoms with Crippen LogP contribution in [0.15, 0.2) is 42.5 Å². The highest BCUT2D eigenvalue weighted by molar-refractivity contribution is 6.39. The summed E-state index contributed by atoms with van der Waals surface area (Å²) in [4.78, 5) is 23.7. The van der Waals surface area contributed by atoms with E-state index < -0.39 is 29.2 Å². The molecule has 0 heterocycles. The van der Waals surface area contributed by atoms with E-state index in [0.29, 0.717) is 6.07 Å². The van der Waals surface area contributed by atoms with E-state index in [4.69, 9.17) is 11.6 Å². The van der Waals surface area contributed by atoms with E-state index in [-0.39, 0.29) is 11.6 Å². The molecule has 8 heteroatoms. The van der Waals surface area contributed by atoms with Crippen molar-refractivity contribution in [2.75, 3.05) is 5.32 Å². The summed E-state index contributed by atoms with van der Waals surface area (Å²) in [6.07, 6.45) is -4.72. The Morgan fingerprint density at radius 1 is 1.08 bits per heavy atom. The predicted octanol–water partition coefficient (Wildman–Crippen LogP) is 3.92. The first-order valence-corrected chi connectivity index (χ1v) is 7.56. The molecule has 0 atom stereocenters. The smallest absolute Gasteiger partial charge is 0.344 e. The quantitative estimate of drug-likeness (QED) is 0.804. The van der Waals surface area contributed by atoms with Crippen molar-refractivity contribution < 1.29 is 22.8 Å². The minimum Gasteiger partial charge on any atom is -0.344 e. The fourth-order valence-corrected chi connectivity index (χ4v) is 2.28. The summed E-state index contributed by atoms with van der Waals surface area (Å²) in [5, 5.41) is 4.21. The van der Waals surface area contributed by atoms with Crippen LogP contribution >= 0.6 is 11.6 Å². The molecule has 2 rings (SSSR count). The topological polar surface area (TPSA) is 58.2 Å². The molecular formula is C17H14ClF3N2O2. The Balaban J connectivity index is 2.07. The number of nitrogens with one attached hydrogen (secondary N) is 2. The summed E-state index contributed by atoms with van der Waals surface area (Å²) in [6.45, 7) is 1.93. The molecule has 132 valence electrons. The van der Waals surface area contributed by atoms with Gasteiger partial charge in [-0.3, -0.25) is 9.59 Å². The zero-order chi connectivity index (χ0) is 18.6. The maximum atomic E-state index is 13.0. The molecule has 0 bridgehead atoms. The Morgan fingerprint density at radius 2 is 1.76 bits per heavy atom. The van der Waals surface area contributed by atoms with E-state index in [0.717, 1.165) is 17.2 Å². The third kappa shape index (κ3) is 4.96. The maximum absolute atomic E-state index is 13.0. The molecule has 0 aliphatic rings. The van der Waals surface area contributed by atoms with Crippen LogP contribution < -0.4 is 10.6 Å². The molecule has 0 saturated heterocycles. The lowest BCUT2D eigenvalue weighted by molar-refractivity contribution is -0.138. The second-order valence-electron chi connectivity index (χ2n) is 5.25. The van der Waals surface area contributed by atoms with Gasteiger partial charge in [0.25, 0.3) is 0 Å². The largest absolute Gasteiger partial charge is 0.418 e. The number of hydrogen-bond acceptors (Lipinski definition) is 2. The molecule has 0 aliphatic carbocycles. The van der Waals surface area contributed by atoms with Crippen LogP contribution in [0, 0.1) is 6.92 Å². The van der Waals surface area contributed by atoms with Crippen molar-refractivity contribution in [3.8, 4) is 0 Å². The van der Waals surface area contributed by atoms with Crippen LogP contribution in [0.1, 0.15) is 16.7 Å². The van der Waals surface area contributed by atoms with Gasteiger partial charge in [-0.05, 0) is 36.2 Å². The van der Waals surface area contributed by atoms with E-state index in [2.05, 4.69) is 5.32 Å². The molecular weight excluding hydrogens is 357 g/mol. The van der Waals surface area contributed by atoms with Gasteiger partial charge in [0.05, 0.1) is 11.3 Å². The van der Waals surface area contributed by atoms with Crippen molar-refractivity contribution in [1.82, 2.24) is 5.32 Å². The SMILES string of the molecule is Cc1ccccc1CNC(=O)C(=O)Nc1ccc(Cl)cc1C(F)(F)F. The molecule has 0 spiro atoms. The van der Waals surface area contributed by atoms with Gasteiger partial charge in [-0.1, -0.05) is 35.9 Å². The molecule has 0 saturated carbocycles. The highest BCUT2D eigenvalue weighted by Gasteiger charge is 2.34. The van der Waals surface area contributed by atoms with E-state index in [9.17, 15) is 22.8 Å². The summed E-state index contributed by atoms with van der Waals surface area (Å²) in [5.41, 5.74) is 0.0550. The van der Waals surface area contributed by atoms with Crippen molar-refractivity contribution in [3.63, 3.8) is 0 Å². The summed E-state index contributed by atoms with van der Waals surface area (Å²) in [6, 6.07) is 10.1. The van der Waals surface area contributed by atoms with Crippen molar-refractivity contribution >= 4 is 29.1 Å². The highest BCUT2D eigenvalue weighted by Crippen LogP contribution is 2.36. The third-order valence-corrected chi connectivity index (χ3v) is 3.68. The van der Waals surface area contributed by atoms with Crippen molar-refractivity contribution in [3.05, 3.63) is 64.2 Å². The van der Waals surface area contributed by atoms with Crippen LogP contribution in [0.25, 0.3) is 0 Å². The standard InChI is InChI=1S/C17H14ClF3N2O2/c1-10-4-2-3-5-11(10)9-22-15(24)16(25)23-14-7-6-12(18)8-13(14)17(19,20)21/h2-8H,9H2,1H3,(H,22,24)(H,23,25). The number of carbonyl (C=O) groups is 2. The number of hydrogen-bond donors (Lipinski definition) is 2. The van der Waals surface area contributed by atoms with Crippen molar-refractivity contribution in [2.24, 2.45) is 0 Å². The van der Waals surface area contributed by atoms with Gasteiger partial charge in [-0.2, -0.15) is 13.2 Å². The number of halogens is 4. The molecule has 0 radical (unpaired) electrons. The van der Waals surface area contributed by atoms with Gasteiger partial charge >= 0.3 is 18.0 Å². The lowest BCUT2D eigenvalue weighted by atomic mass is 10.1. The Labute approximate surface area is 147 Å². The Kier molecular flexibility index (Phi) is 5.69. The van der Waals surface area contributed by atoms with Crippen LogP contribution in [-0.4, -0.2) is 11.8 Å². The number of carbonyl (C=O) groups excluding carboxylic acids is 2. The molecule has 2 N–H and O–H groups in total. The van der Waals surface area contributed by atoms with Crippen LogP contribution in [0.3, 0.4) is 0 Å². The predicted molar refractivity (Wildman–Crippen MR) is 88.1 cm³/mol. The third-order valence-electron chi connectivity index (χ3n) is 3.44. The van der Waals surface area contributed by atoms with E-state index in [1.807, 2.05) is 24.4 Å². The molecule has 4 nitrogen and oxygen atoms in total. The molecule has 2 aromatic carbocycles. The van der Waals surface area contributed by atoms with Crippen LogP contribution in [-0.2, 0) is 22.3 Å². The first-order chi connectivity index (χ1) is 11.7. The van der Waals surface area contributed by atoms with Crippen LogP contribution in [0.4, 0.5) is 18.9 Å². The molecule has 0 unspecified atom stereocenters. The highest BCUT2D eigenvalue weighted by atomic mass is 35.5. The summed E-state index contributed by atoms with van der Waals surface area (Å²) < 4.78 is 38.9. The van der Waals surface area contributed by atoms with Gasteiger partial charge in [-0.15, -0.1) is 0 Å². The molecule has 0 fully saturated rings. The molecule has 2 aromatic rings. The van der Waals surface area contributed by atoms with Gasteiger partial charge in [-0.25, -0.2) is 0 Å². The van der Waals surface area contributed by atoms with Gasteiger partial charge < -0.3 is 10.6 Å². The molecule has 0 aromatic heterocycles. The zero-order valence-electron chi connectivity index (χ0n) is 13.1. The Bertz CT molecular complexity index is 807. The fraction of sp³-hybridized carbons (Fsp3) is 0.176. The first-order valence-electron chi connectivity index (χ1n) is 7.19. The number of alkyl halides is 3. The first kappa shape index (κ1) is 18.8. The number of rotatable bonds is 3. The van der Waals surface area contributed by atoms with Crippen LogP contribution in [0.5, 0.6) is 0 Å². The van der Waals surface area contributed by atoms with Gasteiger partial charge in [0.15, 0.2) is 0 Å². The van der Waals surface area contributed by atoms with E-state index in [1.165, 1.54) is 6.07 Å². The Morgan fingerprint density at radius 3 is 2.40 bits per heavy atom.